The summed E-state index contributed by atoms with van der Waals surface area (Å²) in [4.78, 5) is 0. The number of rotatable bonds is 8. The Bertz CT molecular complexity index is 115. The largest absolute Gasteiger partial charge is 0.417 e. The van der Waals surface area contributed by atoms with Crippen molar-refractivity contribution in [1.82, 2.24) is 0 Å². The molecule has 0 aliphatic carbocycles. The van der Waals surface area contributed by atoms with Crippen molar-refractivity contribution < 1.29 is 4.43 Å². The van der Waals surface area contributed by atoms with Gasteiger partial charge in [0.15, 0.2) is 0 Å². The third-order valence-corrected chi connectivity index (χ3v) is 2.73. The molecule has 0 aromatic carbocycles. The van der Waals surface area contributed by atoms with E-state index >= 15 is 0 Å². The van der Waals surface area contributed by atoms with Crippen molar-refractivity contribution in [3.05, 3.63) is 25.3 Å². The minimum atomic E-state index is 0.413. The summed E-state index contributed by atoms with van der Waals surface area (Å²) in [5.74, 6) is 0.413. The van der Waals surface area contributed by atoms with Crippen LogP contribution < -0.4 is 0 Å². The highest BCUT2D eigenvalue weighted by Gasteiger charge is 1.97. The van der Waals surface area contributed by atoms with Crippen LogP contribution in [0.4, 0.5) is 0 Å². The van der Waals surface area contributed by atoms with E-state index in [1.54, 1.807) is 0 Å². The Morgan fingerprint density at radius 1 is 1.42 bits per heavy atom. The first kappa shape index (κ1) is 11.7. The molecule has 0 amide bonds. The van der Waals surface area contributed by atoms with Crippen LogP contribution in [0, 0.1) is 5.92 Å². The summed E-state index contributed by atoms with van der Waals surface area (Å²) >= 11 is 0. The molecule has 0 aromatic heterocycles. The maximum Gasteiger partial charge on any atom is 0.229 e. The molecule has 0 rings (SSSR count). The van der Waals surface area contributed by atoms with E-state index in [1.165, 1.54) is 12.5 Å². The van der Waals surface area contributed by atoms with Crippen molar-refractivity contribution in [2.24, 2.45) is 5.92 Å². The number of hydrogen-bond acceptors (Lipinski definition) is 1. The maximum atomic E-state index is 5.44. The molecule has 0 aliphatic heterocycles. The standard InChI is InChI=1S/C10H18OSi/c1-4-9-12-11-8-7-10(5-2)6-3/h5-6,10H,2-4,7-9H2,1H3. The van der Waals surface area contributed by atoms with E-state index in [2.05, 4.69) is 20.1 Å². The minimum absolute atomic E-state index is 0.413. The zero-order chi connectivity index (χ0) is 9.23. The van der Waals surface area contributed by atoms with Gasteiger partial charge in [-0.15, -0.1) is 13.2 Å². The van der Waals surface area contributed by atoms with Crippen LogP contribution in [-0.2, 0) is 4.43 Å². The fourth-order valence-electron chi connectivity index (χ4n) is 0.773. The maximum absolute atomic E-state index is 5.44. The van der Waals surface area contributed by atoms with E-state index in [0.717, 1.165) is 13.0 Å². The molecule has 0 saturated heterocycles. The molecule has 0 fully saturated rings. The van der Waals surface area contributed by atoms with Gasteiger partial charge in [0, 0.05) is 6.61 Å². The van der Waals surface area contributed by atoms with E-state index in [1.807, 2.05) is 12.2 Å². The van der Waals surface area contributed by atoms with Crippen molar-refractivity contribution >= 4 is 9.76 Å². The number of hydrogen-bond donors (Lipinski definition) is 0. The summed E-state index contributed by atoms with van der Waals surface area (Å²) in [6.07, 6.45) is 6.06. The summed E-state index contributed by atoms with van der Waals surface area (Å²) < 4.78 is 5.44. The Kier molecular flexibility index (Phi) is 8.50. The number of allylic oxidation sites excluding steroid dienone is 2. The Balaban J connectivity index is 3.17. The Hall–Kier alpha value is -0.343. The normalized spacial score (nSPS) is 10.2. The lowest BCUT2D eigenvalue weighted by atomic mass is 10.1. The van der Waals surface area contributed by atoms with Gasteiger partial charge in [0.25, 0.3) is 0 Å². The van der Waals surface area contributed by atoms with E-state index in [-0.39, 0.29) is 0 Å². The van der Waals surface area contributed by atoms with Crippen molar-refractivity contribution in [1.29, 1.82) is 0 Å². The first-order chi connectivity index (χ1) is 5.85. The molecule has 0 heterocycles. The summed E-state index contributed by atoms with van der Waals surface area (Å²) in [6.45, 7) is 10.5. The minimum Gasteiger partial charge on any atom is -0.417 e. The Morgan fingerprint density at radius 3 is 2.58 bits per heavy atom. The molecule has 0 aliphatic rings. The van der Waals surface area contributed by atoms with Crippen molar-refractivity contribution in [2.75, 3.05) is 6.61 Å². The predicted molar refractivity (Wildman–Crippen MR) is 55.3 cm³/mol. The monoisotopic (exact) mass is 182 g/mol. The zero-order valence-corrected chi connectivity index (χ0v) is 8.88. The van der Waals surface area contributed by atoms with Gasteiger partial charge >= 0.3 is 0 Å². The smallest absolute Gasteiger partial charge is 0.229 e. The zero-order valence-electron chi connectivity index (χ0n) is 7.88. The highest BCUT2D eigenvalue weighted by atomic mass is 28.2. The molecule has 2 radical (unpaired) electrons. The van der Waals surface area contributed by atoms with Crippen LogP contribution in [0.1, 0.15) is 19.8 Å². The van der Waals surface area contributed by atoms with Gasteiger partial charge in [-0.3, -0.25) is 0 Å². The lowest BCUT2D eigenvalue weighted by molar-refractivity contribution is 0.316. The lowest BCUT2D eigenvalue weighted by Gasteiger charge is -2.06. The molecule has 0 spiro atoms. The van der Waals surface area contributed by atoms with Crippen LogP contribution in [0.15, 0.2) is 25.3 Å². The summed E-state index contributed by atoms with van der Waals surface area (Å²) in [7, 11) is 0.666. The Labute approximate surface area is 78.5 Å². The molecule has 0 N–H and O–H groups in total. The molecule has 2 heteroatoms. The van der Waals surface area contributed by atoms with Gasteiger partial charge in [-0.25, -0.2) is 0 Å². The summed E-state index contributed by atoms with van der Waals surface area (Å²) in [5, 5.41) is 0. The molecule has 0 saturated carbocycles. The topological polar surface area (TPSA) is 9.23 Å². The van der Waals surface area contributed by atoms with Gasteiger partial charge in [-0.2, -0.15) is 0 Å². The molecule has 0 aromatic rings. The van der Waals surface area contributed by atoms with E-state index < -0.39 is 0 Å². The highest BCUT2D eigenvalue weighted by molar-refractivity contribution is 6.26. The van der Waals surface area contributed by atoms with Gasteiger partial charge in [0.1, 0.15) is 0 Å². The predicted octanol–water partition coefficient (Wildman–Crippen LogP) is 2.83. The average Bonchev–Trinajstić information content (AvgIpc) is 2.11. The van der Waals surface area contributed by atoms with E-state index in [0.29, 0.717) is 15.7 Å². The van der Waals surface area contributed by atoms with Crippen molar-refractivity contribution in [3.63, 3.8) is 0 Å². The second-order valence-corrected chi connectivity index (χ2v) is 3.74. The molecule has 12 heavy (non-hydrogen) atoms. The van der Waals surface area contributed by atoms with Crippen LogP contribution in [0.25, 0.3) is 0 Å². The van der Waals surface area contributed by atoms with Crippen molar-refractivity contribution in [3.8, 4) is 0 Å². The molecule has 1 nitrogen and oxygen atoms in total. The highest BCUT2D eigenvalue weighted by Crippen LogP contribution is 2.04. The lowest BCUT2D eigenvalue weighted by Crippen LogP contribution is -2.03. The fraction of sp³-hybridized carbons (Fsp3) is 0.600. The SMILES string of the molecule is C=CC(C=C)CCO[Si]CCC. The molecule has 0 bridgehead atoms. The summed E-state index contributed by atoms with van der Waals surface area (Å²) in [5.41, 5.74) is 0. The molecule has 68 valence electrons. The fourth-order valence-corrected chi connectivity index (χ4v) is 1.38. The van der Waals surface area contributed by atoms with Crippen LogP contribution >= 0.6 is 0 Å². The average molecular weight is 182 g/mol. The van der Waals surface area contributed by atoms with Crippen molar-refractivity contribution in [2.45, 2.75) is 25.8 Å². The van der Waals surface area contributed by atoms with Crippen LogP contribution in [0.2, 0.25) is 6.04 Å². The van der Waals surface area contributed by atoms with Gasteiger partial charge in [-0.05, 0) is 18.4 Å². The first-order valence-electron chi connectivity index (χ1n) is 4.44. The van der Waals surface area contributed by atoms with Crippen LogP contribution in [0.3, 0.4) is 0 Å². The second kappa shape index (κ2) is 8.75. The van der Waals surface area contributed by atoms with E-state index in [4.69, 9.17) is 4.43 Å². The van der Waals surface area contributed by atoms with E-state index in [9.17, 15) is 0 Å². The third kappa shape index (κ3) is 6.37. The molecular formula is C10H18OSi. The quantitative estimate of drug-likeness (QED) is 0.319. The Morgan fingerprint density at radius 2 is 2.08 bits per heavy atom. The van der Waals surface area contributed by atoms with Gasteiger partial charge in [-0.1, -0.05) is 25.5 Å². The van der Waals surface area contributed by atoms with Crippen LogP contribution in [0.5, 0.6) is 0 Å². The van der Waals surface area contributed by atoms with Gasteiger partial charge in [0.05, 0.1) is 0 Å². The third-order valence-electron chi connectivity index (χ3n) is 1.61. The molecule has 0 unspecified atom stereocenters. The second-order valence-electron chi connectivity index (χ2n) is 2.67. The summed E-state index contributed by atoms with van der Waals surface area (Å²) in [6, 6.07) is 1.19. The van der Waals surface area contributed by atoms with Gasteiger partial charge < -0.3 is 4.43 Å². The van der Waals surface area contributed by atoms with Crippen LogP contribution in [-0.4, -0.2) is 16.4 Å². The molecule has 0 atom stereocenters. The molecular weight excluding hydrogens is 164 g/mol. The van der Waals surface area contributed by atoms with Gasteiger partial charge in [0.2, 0.25) is 9.76 Å². The first-order valence-corrected chi connectivity index (χ1v) is 5.56.